The minimum Gasteiger partial charge on any atom is -0.308 e. The van der Waals surface area contributed by atoms with Crippen LogP contribution in [0.15, 0.2) is 43.1 Å². The Hall–Kier alpha value is -2.34. The van der Waals surface area contributed by atoms with E-state index < -0.39 is 0 Å². The Morgan fingerprint density at radius 2 is 1.94 bits per heavy atom. The molecule has 0 saturated heterocycles. The molecular formula is C12H13N5O. The molecule has 18 heavy (non-hydrogen) atoms. The maximum absolute atomic E-state index is 11.5. The average molecular weight is 243 g/mol. The molecule has 0 aromatic carbocycles. The Kier molecular flexibility index (Phi) is 4.32. The van der Waals surface area contributed by atoms with Gasteiger partial charge in [-0.15, -0.1) is 0 Å². The second kappa shape index (κ2) is 6.41. The summed E-state index contributed by atoms with van der Waals surface area (Å²) in [5, 5.41) is 5.67. The van der Waals surface area contributed by atoms with Gasteiger partial charge in [0.2, 0.25) is 5.91 Å². The lowest BCUT2D eigenvalue weighted by Gasteiger charge is -2.05. The summed E-state index contributed by atoms with van der Waals surface area (Å²) >= 11 is 0. The van der Waals surface area contributed by atoms with Crippen LogP contribution in [-0.2, 0) is 11.3 Å². The van der Waals surface area contributed by atoms with E-state index in [0.29, 0.717) is 12.4 Å². The zero-order valence-electron chi connectivity index (χ0n) is 9.71. The minimum atomic E-state index is -0.149. The van der Waals surface area contributed by atoms with Gasteiger partial charge in [-0.2, -0.15) is 0 Å². The van der Waals surface area contributed by atoms with Crippen molar-refractivity contribution in [3.05, 3.63) is 48.7 Å². The van der Waals surface area contributed by atoms with Gasteiger partial charge < -0.3 is 10.6 Å². The normalized spacial score (nSPS) is 10.0. The minimum absolute atomic E-state index is 0.149. The van der Waals surface area contributed by atoms with Gasteiger partial charge in [0.25, 0.3) is 0 Å². The van der Waals surface area contributed by atoms with Gasteiger partial charge in [0.05, 0.1) is 12.7 Å². The van der Waals surface area contributed by atoms with E-state index in [1.165, 1.54) is 12.4 Å². The number of rotatable bonds is 5. The van der Waals surface area contributed by atoms with Crippen molar-refractivity contribution in [3.63, 3.8) is 0 Å². The van der Waals surface area contributed by atoms with E-state index in [4.69, 9.17) is 0 Å². The van der Waals surface area contributed by atoms with Gasteiger partial charge in [-0.3, -0.25) is 14.8 Å². The predicted molar refractivity (Wildman–Crippen MR) is 66.6 cm³/mol. The first-order valence-corrected chi connectivity index (χ1v) is 5.50. The van der Waals surface area contributed by atoms with Gasteiger partial charge in [0, 0.05) is 31.3 Å². The number of amides is 1. The van der Waals surface area contributed by atoms with Gasteiger partial charge >= 0.3 is 0 Å². The molecule has 0 fully saturated rings. The molecular weight excluding hydrogens is 230 g/mol. The van der Waals surface area contributed by atoms with Crippen molar-refractivity contribution in [3.8, 4) is 0 Å². The topological polar surface area (TPSA) is 79.8 Å². The summed E-state index contributed by atoms with van der Waals surface area (Å²) in [5.41, 5.74) is 1.08. The standard InChI is InChI=1S/C12H13N5O/c18-12(17-11-8-14-5-6-16-11)9-15-7-10-1-3-13-4-2-10/h1-6,8,15H,7,9H2,(H,16,17,18). The van der Waals surface area contributed by atoms with E-state index in [1.54, 1.807) is 18.6 Å². The molecule has 2 aromatic heterocycles. The Morgan fingerprint density at radius 1 is 1.11 bits per heavy atom. The van der Waals surface area contributed by atoms with Crippen molar-refractivity contribution >= 4 is 11.7 Å². The highest BCUT2D eigenvalue weighted by Crippen LogP contribution is 1.97. The number of hydrogen-bond acceptors (Lipinski definition) is 5. The smallest absolute Gasteiger partial charge is 0.239 e. The Bertz CT molecular complexity index is 488. The first kappa shape index (κ1) is 12.1. The summed E-state index contributed by atoms with van der Waals surface area (Å²) in [5.74, 6) is 0.303. The predicted octanol–water partition coefficient (Wildman–Crippen LogP) is 0.600. The van der Waals surface area contributed by atoms with Crippen LogP contribution >= 0.6 is 0 Å². The molecule has 0 bridgehead atoms. The molecule has 0 atom stereocenters. The molecule has 0 spiro atoms. The van der Waals surface area contributed by atoms with Crippen molar-refractivity contribution in [2.45, 2.75) is 6.54 Å². The molecule has 2 aromatic rings. The molecule has 2 heterocycles. The van der Waals surface area contributed by atoms with E-state index in [1.807, 2.05) is 12.1 Å². The van der Waals surface area contributed by atoms with Crippen LogP contribution in [0.3, 0.4) is 0 Å². The van der Waals surface area contributed by atoms with E-state index in [0.717, 1.165) is 5.56 Å². The van der Waals surface area contributed by atoms with Crippen LogP contribution in [0.2, 0.25) is 0 Å². The van der Waals surface area contributed by atoms with Crippen molar-refractivity contribution in [1.82, 2.24) is 20.3 Å². The van der Waals surface area contributed by atoms with E-state index in [-0.39, 0.29) is 12.5 Å². The molecule has 0 aliphatic heterocycles. The number of nitrogens with zero attached hydrogens (tertiary/aromatic N) is 3. The fourth-order valence-electron chi connectivity index (χ4n) is 1.37. The van der Waals surface area contributed by atoms with E-state index in [9.17, 15) is 4.79 Å². The van der Waals surface area contributed by atoms with Gasteiger partial charge in [0.1, 0.15) is 0 Å². The molecule has 0 radical (unpaired) electrons. The second-order valence-electron chi connectivity index (χ2n) is 3.60. The molecule has 0 aliphatic rings. The van der Waals surface area contributed by atoms with Crippen LogP contribution in [0, 0.1) is 0 Å². The third-order valence-corrected chi connectivity index (χ3v) is 2.19. The number of pyridine rings is 1. The lowest BCUT2D eigenvalue weighted by atomic mass is 10.3. The van der Waals surface area contributed by atoms with Crippen molar-refractivity contribution in [2.75, 3.05) is 11.9 Å². The van der Waals surface area contributed by atoms with Crippen LogP contribution in [0.5, 0.6) is 0 Å². The molecule has 2 N–H and O–H groups in total. The molecule has 6 nitrogen and oxygen atoms in total. The quantitative estimate of drug-likeness (QED) is 0.803. The Labute approximate surface area is 105 Å². The zero-order chi connectivity index (χ0) is 12.6. The van der Waals surface area contributed by atoms with E-state index in [2.05, 4.69) is 25.6 Å². The monoisotopic (exact) mass is 243 g/mol. The van der Waals surface area contributed by atoms with Crippen LogP contribution in [0.4, 0.5) is 5.82 Å². The van der Waals surface area contributed by atoms with Gasteiger partial charge in [0.15, 0.2) is 5.82 Å². The maximum atomic E-state index is 11.5. The summed E-state index contributed by atoms with van der Waals surface area (Å²) in [4.78, 5) is 23.3. The highest BCUT2D eigenvalue weighted by atomic mass is 16.1. The number of nitrogens with one attached hydrogen (secondary N) is 2. The molecule has 0 unspecified atom stereocenters. The highest BCUT2D eigenvalue weighted by molar-refractivity contribution is 5.91. The maximum Gasteiger partial charge on any atom is 0.239 e. The molecule has 92 valence electrons. The number of anilines is 1. The number of carbonyl (C=O) groups is 1. The average Bonchev–Trinajstić information content (AvgIpc) is 2.41. The number of aromatic nitrogens is 3. The van der Waals surface area contributed by atoms with Gasteiger partial charge in [-0.05, 0) is 17.7 Å². The Balaban J connectivity index is 1.73. The molecule has 0 saturated carbocycles. The van der Waals surface area contributed by atoms with Crippen molar-refractivity contribution < 1.29 is 4.79 Å². The molecule has 0 aliphatic carbocycles. The van der Waals surface area contributed by atoms with Crippen molar-refractivity contribution in [2.24, 2.45) is 0 Å². The summed E-state index contributed by atoms with van der Waals surface area (Å²) in [6, 6.07) is 3.79. The van der Waals surface area contributed by atoms with Gasteiger partial charge in [-0.1, -0.05) is 0 Å². The summed E-state index contributed by atoms with van der Waals surface area (Å²) in [7, 11) is 0. The summed E-state index contributed by atoms with van der Waals surface area (Å²) < 4.78 is 0. The fourth-order valence-corrected chi connectivity index (χ4v) is 1.37. The lowest BCUT2D eigenvalue weighted by molar-refractivity contribution is -0.115. The summed E-state index contributed by atoms with van der Waals surface area (Å²) in [6.07, 6.45) is 8.02. The third kappa shape index (κ3) is 3.91. The zero-order valence-corrected chi connectivity index (χ0v) is 9.71. The molecule has 1 amide bonds. The SMILES string of the molecule is O=C(CNCc1ccncc1)Nc1cnccn1. The third-order valence-electron chi connectivity index (χ3n) is 2.19. The fraction of sp³-hybridized carbons (Fsp3) is 0.167. The second-order valence-corrected chi connectivity index (χ2v) is 3.60. The first-order chi connectivity index (χ1) is 8.84. The van der Waals surface area contributed by atoms with Crippen LogP contribution in [0.1, 0.15) is 5.56 Å². The largest absolute Gasteiger partial charge is 0.308 e. The van der Waals surface area contributed by atoms with Crippen LogP contribution in [0.25, 0.3) is 0 Å². The van der Waals surface area contributed by atoms with Crippen molar-refractivity contribution in [1.29, 1.82) is 0 Å². The lowest BCUT2D eigenvalue weighted by Crippen LogP contribution is -2.28. The van der Waals surface area contributed by atoms with Gasteiger partial charge in [-0.25, -0.2) is 4.98 Å². The Morgan fingerprint density at radius 3 is 2.67 bits per heavy atom. The van der Waals surface area contributed by atoms with Crippen LogP contribution < -0.4 is 10.6 Å². The first-order valence-electron chi connectivity index (χ1n) is 5.50. The number of carbonyl (C=O) groups excluding carboxylic acids is 1. The molecule has 6 heteroatoms. The summed E-state index contributed by atoms with van der Waals surface area (Å²) in [6.45, 7) is 0.843. The van der Waals surface area contributed by atoms with Crippen LogP contribution in [-0.4, -0.2) is 27.4 Å². The van der Waals surface area contributed by atoms with E-state index >= 15 is 0 Å². The molecule has 2 rings (SSSR count). The number of hydrogen-bond donors (Lipinski definition) is 2. The highest BCUT2D eigenvalue weighted by Gasteiger charge is 2.02.